The number of nitrogens with zero attached hydrogens (tertiary/aromatic N) is 1. The van der Waals surface area contributed by atoms with E-state index in [0.717, 1.165) is 34.4 Å². The third-order valence-corrected chi connectivity index (χ3v) is 4.49. The number of nitrogens with one attached hydrogen (secondary N) is 2. The first-order valence-corrected chi connectivity index (χ1v) is 8.75. The molecule has 7 heteroatoms. The van der Waals surface area contributed by atoms with Crippen molar-refractivity contribution in [3.63, 3.8) is 0 Å². The summed E-state index contributed by atoms with van der Waals surface area (Å²) in [6, 6.07) is 13.2. The third kappa shape index (κ3) is 3.68. The van der Waals surface area contributed by atoms with Gasteiger partial charge in [-0.25, -0.2) is 4.79 Å². The number of hydrogen-bond acceptors (Lipinski definition) is 4. The van der Waals surface area contributed by atoms with Gasteiger partial charge in [0.2, 0.25) is 6.79 Å². The molecule has 0 atom stereocenters. The Kier molecular flexibility index (Phi) is 4.84. The number of carbonyl (C=O) groups is 1. The van der Waals surface area contributed by atoms with Crippen LogP contribution in [-0.4, -0.2) is 31.1 Å². The molecule has 2 aromatic carbocycles. The average molecular weight is 367 g/mol. The highest BCUT2D eigenvalue weighted by molar-refractivity contribution is 6.00. The molecule has 0 unspecified atom stereocenters. The normalized spacial score (nSPS) is 12.3. The van der Waals surface area contributed by atoms with Gasteiger partial charge in [0.15, 0.2) is 11.5 Å². The van der Waals surface area contributed by atoms with Crippen LogP contribution in [0.15, 0.2) is 48.7 Å². The minimum Gasteiger partial charge on any atom is -0.454 e. The summed E-state index contributed by atoms with van der Waals surface area (Å²) in [5.41, 5.74) is 2.77. The first kappa shape index (κ1) is 17.2. The van der Waals surface area contributed by atoms with E-state index in [4.69, 9.17) is 14.2 Å². The second-order valence-corrected chi connectivity index (χ2v) is 6.24. The maximum absolute atomic E-state index is 12.3. The molecule has 2 heterocycles. The molecule has 7 nitrogen and oxygen atoms in total. The van der Waals surface area contributed by atoms with Gasteiger partial charge in [-0.3, -0.25) is 0 Å². The summed E-state index contributed by atoms with van der Waals surface area (Å²) in [6.45, 7) is 2.03. The van der Waals surface area contributed by atoms with E-state index in [-0.39, 0.29) is 12.8 Å². The molecule has 2 amide bonds. The van der Waals surface area contributed by atoms with Crippen LogP contribution in [0.5, 0.6) is 11.5 Å². The predicted molar refractivity (Wildman–Crippen MR) is 102 cm³/mol. The summed E-state index contributed by atoms with van der Waals surface area (Å²) in [6.07, 6.45) is 2.00. The molecular weight excluding hydrogens is 346 g/mol. The number of hydrogen-bond donors (Lipinski definition) is 2. The average Bonchev–Trinajstić information content (AvgIpc) is 3.31. The Bertz CT molecular complexity index is 967. The first-order chi connectivity index (χ1) is 13.2. The van der Waals surface area contributed by atoms with Gasteiger partial charge in [-0.1, -0.05) is 12.1 Å². The SMILES string of the molecule is COCCn1ccc2c(NC(=O)NCc3ccc4c(c3)OCO4)cccc21. The lowest BCUT2D eigenvalue weighted by molar-refractivity contribution is 0.174. The van der Waals surface area contributed by atoms with Crippen molar-refractivity contribution in [1.29, 1.82) is 0 Å². The van der Waals surface area contributed by atoms with Gasteiger partial charge >= 0.3 is 6.03 Å². The number of urea groups is 1. The highest BCUT2D eigenvalue weighted by Gasteiger charge is 2.14. The second-order valence-electron chi connectivity index (χ2n) is 6.24. The van der Waals surface area contributed by atoms with Crippen LogP contribution in [0.3, 0.4) is 0 Å². The number of anilines is 1. The number of amides is 2. The molecular formula is C20H21N3O4. The summed E-state index contributed by atoms with van der Waals surface area (Å²) in [5, 5.41) is 6.79. The molecule has 27 heavy (non-hydrogen) atoms. The molecule has 1 aliphatic heterocycles. The van der Waals surface area contributed by atoms with Gasteiger partial charge in [-0.05, 0) is 35.9 Å². The van der Waals surface area contributed by atoms with Crippen LogP contribution in [0.1, 0.15) is 5.56 Å². The fourth-order valence-corrected chi connectivity index (χ4v) is 3.12. The van der Waals surface area contributed by atoms with Crippen LogP contribution in [-0.2, 0) is 17.8 Å². The molecule has 0 fully saturated rings. The molecule has 1 aliphatic rings. The van der Waals surface area contributed by atoms with Crippen molar-refractivity contribution < 1.29 is 19.0 Å². The Morgan fingerprint density at radius 1 is 1.19 bits per heavy atom. The van der Waals surface area contributed by atoms with Gasteiger partial charge < -0.3 is 29.4 Å². The van der Waals surface area contributed by atoms with Gasteiger partial charge in [-0.15, -0.1) is 0 Å². The number of rotatable bonds is 6. The predicted octanol–water partition coefficient (Wildman–Crippen LogP) is 3.34. The van der Waals surface area contributed by atoms with Crippen LogP contribution < -0.4 is 20.1 Å². The maximum Gasteiger partial charge on any atom is 0.319 e. The number of benzene rings is 2. The van der Waals surface area contributed by atoms with Crippen molar-refractivity contribution in [1.82, 2.24) is 9.88 Å². The van der Waals surface area contributed by atoms with E-state index in [0.29, 0.717) is 18.9 Å². The minimum atomic E-state index is -0.259. The molecule has 0 aliphatic carbocycles. The first-order valence-electron chi connectivity index (χ1n) is 8.75. The zero-order valence-corrected chi connectivity index (χ0v) is 15.0. The summed E-state index contributed by atoms with van der Waals surface area (Å²) in [4.78, 5) is 12.3. The van der Waals surface area contributed by atoms with Crippen LogP contribution in [0.25, 0.3) is 10.9 Å². The van der Waals surface area contributed by atoms with E-state index in [1.165, 1.54) is 0 Å². The molecule has 3 aromatic rings. The largest absolute Gasteiger partial charge is 0.454 e. The second kappa shape index (κ2) is 7.59. The molecule has 0 radical (unpaired) electrons. The van der Waals surface area contributed by atoms with E-state index in [1.54, 1.807) is 7.11 Å². The van der Waals surface area contributed by atoms with E-state index in [2.05, 4.69) is 15.2 Å². The van der Waals surface area contributed by atoms with Gasteiger partial charge in [0.1, 0.15) is 0 Å². The molecule has 140 valence electrons. The van der Waals surface area contributed by atoms with Crippen molar-refractivity contribution in [3.05, 3.63) is 54.2 Å². The topological polar surface area (TPSA) is 73.8 Å². The van der Waals surface area contributed by atoms with Crippen molar-refractivity contribution >= 4 is 22.6 Å². The van der Waals surface area contributed by atoms with Crippen molar-refractivity contribution in [3.8, 4) is 11.5 Å². The molecule has 0 bridgehead atoms. The summed E-state index contributed by atoms with van der Waals surface area (Å²) < 4.78 is 17.9. The van der Waals surface area contributed by atoms with Gasteiger partial charge in [-0.2, -0.15) is 0 Å². The third-order valence-electron chi connectivity index (χ3n) is 4.49. The summed E-state index contributed by atoms with van der Waals surface area (Å²) in [5.74, 6) is 1.43. The number of fused-ring (bicyclic) bond motifs is 2. The smallest absolute Gasteiger partial charge is 0.319 e. The van der Waals surface area contributed by atoms with Crippen molar-refractivity contribution in [2.75, 3.05) is 25.8 Å². The highest BCUT2D eigenvalue weighted by atomic mass is 16.7. The lowest BCUT2D eigenvalue weighted by atomic mass is 10.2. The molecule has 4 rings (SSSR count). The van der Waals surface area contributed by atoms with Crippen LogP contribution in [0.4, 0.5) is 10.5 Å². The fourth-order valence-electron chi connectivity index (χ4n) is 3.12. The Morgan fingerprint density at radius 3 is 2.96 bits per heavy atom. The van der Waals surface area contributed by atoms with Gasteiger partial charge in [0.25, 0.3) is 0 Å². The van der Waals surface area contributed by atoms with E-state index < -0.39 is 0 Å². The van der Waals surface area contributed by atoms with Gasteiger partial charge in [0, 0.05) is 31.8 Å². The van der Waals surface area contributed by atoms with Crippen molar-refractivity contribution in [2.45, 2.75) is 13.1 Å². The highest BCUT2D eigenvalue weighted by Crippen LogP contribution is 2.32. The molecule has 0 spiro atoms. The van der Waals surface area contributed by atoms with Crippen LogP contribution in [0, 0.1) is 0 Å². The van der Waals surface area contributed by atoms with E-state index >= 15 is 0 Å². The fraction of sp³-hybridized carbons (Fsp3) is 0.250. The summed E-state index contributed by atoms with van der Waals surface area (Å²) >= 11 is 0. The molecule has 0 saturated heterocycles. The van der Waals surface area contributed by atoms with Crippen LogP contribution in [0.2, 0.25) is 0 Å². The zero-order valence-electron chi connectivity index (χ0n) is 15.0. The number of aromatic nitrogens is 1. The van der Waals surface area contributed by atoms with Crippen molar-refractivity contribution in [2.24, 2.45) is 0 Å². The van der Waals surface area contributed by atoms with Gasteiger partial charge in [0.05, 0.1) is 17.8 Å². The lowest BCUT2D eigenvalue weighted by Crippen LogP contribution is -2.28. The Balaban J connectivity index is 1.41. The monoisotopic (exact) mass is 367 g/mol. The maximum atomic E-state index is 12.3. The molecule has 2 N–H and O–H groups in total. The van der Waals surface area contributed by atoms with E-state index in [1.807, 2.05) is 48.7 Å². The standard InChI is InChI=1S/C20H21N3O4/c1-25-10-9-23-8-7-15-16(3-2-4-17(15)23)22-20(24)21-12-14-5-6-18-19(11-14)27-13-26-18/h2-8,11H,9-10,12-13H2,1H3,(H2,21,22,24). The zero-order chi connectivity index (χ0) is 18.6. The number of carbonyl (C=O) groups excluding carboxylic acids is 1. The minimum absolute atomic E-state index is 0.237. The molecule has 0 saturated carbocycles. The Labute approximate surface area is 156 Å². The van der Waals surface area contributed by atoms with Crippen LogP contribution >= 0.6 is 0 Å². The Hall–Kier alpha value is -3.19. The number of methoxy groups -OCH3 is 1. The quantitative estimate of drug-likeness (QED) is 0.701. The lowest BCUT2D eigenvalue weighted by Gasteiger charge is -2.10. The van der Waals surface area contributed by atoms with E-state index in [9.17, 15) is 4.79 Å². The number of ether oxygens (including phenoxy) is 3. The summed E-state index contributed by atoms with van der Waals surface area (Å²) in [7, 11) is 1.68. The molecule has 1 aromatic heterocycles. The Morgan fingerprint density at radius 2 is 2.07 bits per heavy atom.